The summed E-state index contributed by atoms with van der Waals surface area (Å²) in [6.07, 6.45) is 5.70. The third kappa shape index (κ3) is 3.11. The van der Waals surface area contributed by atoms with Crippen LogP contribution in [0.3, 0.4) is 0 Å². The molecule has 1 aromatic rings. The number of benzene rings is 1. The van der Waals surface area contributed by atoms with Crippen molar-refractivity contribution in [2.45, 2.75) is 45.1 Å². The van der Waals surface area contributed by atoms with Gasteiger partial charge in [-0.05, 0) is 49.8 Å². The summed E-state index contributed by atoms with van der Waals surface area (Å²) in [5, 5.41) is 0. The second-order valence-electron chi connectivity index (χ2n) is 5.74. The quantitative estimate of drug-likeness (QED) is 0.861. The van der Waals surface area contributed by atoms with Gasteiger partial charge in [0.1, 0.15) is 5.82 Å². The number of nitrogens with two attached hydrogens (primary N) is 1. The van der Waals surface area contributed by atoms with Gasteiger partial charge in [0.25, 0.3) is 5.91 Å². The van der Waals surface area contributed by atoms with Gasteiger partial charge in [-0.2, -0.15) is 0 Å². The van der Waals surface area contributed by atoms with E-state index in [1.54, 1.807) is 4.90 Å². The molecule has 0 saturated heterocycles. The van der Waals surface area contributed by atoms with Crippen LogP contribution in [0.25, 0.3) is 0 Å². The molecule has 0 heterocycles. The molecule has 4 heteroatoms. The minimum absolute atomic E-state index is 0.0268. The number of anilines is 1. The average Bonchev–Trinajstić information content (AvgIpc) is 2.48. The molecule has 0 radical (unpaired) electrons. The van der Waals surface area contributed by atoms with E-state index in [0.29, 0.717) is 5.56 Å². The fourth-order valence-corrected chi connectivity index (χ4v) is 2.99. The van der Waals surface area contributed by atoms with Crippen LogP contribution in [0.15, 0.2) is 18.2 Å². The van der Waals surface area contributed by atoms with Crippen molar-refractivity contribution < 1.29 is 9.18 Å². The predicted octanol–water partition coefficient (Wildman–Crippen LogP) is 3.45. The molecule has 2 N–H and O–H groups in total. The van der Waals surface area contributed by atoms with E-state index >= 15 is 0 Å². The van der Waals surface area contributed by atoms with Gasteiger partial charge in [0.15, 0.2) is 0 Å². The Morgan fingerprint density at radius 2 is 2.00 bits per heavy atom. The van der Waals surface area contributed by atoms with E-state index in [4.69, 9.17) is 5.73 Å². The lowest BCUT2D eigenvalue weighted by molar-refractivity contribution is 0.0674. The lowest BCUT2D eigenvalue weighted by Gasteiger charge is -2.34. The Morgan fingerprint density at radius 3 is 2.55 bits per heavy atom. The maximum atomic E-state index is 13.1. The van der Waals surface area contributed by atoms with Crippen molar-refractivity contribution in [2.75, 3.05) is 12.8 Å². The molecule has 110 valence electrons. The van der Waals surface area contributed by atoms with Crippen LogP contribution in [0, 0.1) is 11.7 Å². The number of nitrogen functional groups attached to an aromatic ring is 1. The molecule has 0 bridgehead atoms. The van der Waals surface area contributed by atoms with Crippen molar-refractivity contribution in [1.82, 2.24) is 4.90 Å². The van der Waals surface area contributed by atoms with Crippen molar-refractivity contribution in [2.24, 2.45) is 5.92 Å². The Morgan fingerprint density at radius 1 is 1.35 bits per heavy atom. The summed E-state index contributed by atoms with van der Waals surface area (Å²) in [6, 6.07) is 4.47. The molecule has 1 amide bonds. The van der Waals surface area contributed by atoms with E-state index in [9.17, 15) is 9.18 Å². The molecule has 0 aliphatic heterocycles. The molecule has 2 rings (SSSR count). The third-order valence-electron chi connectivity index (χ3n) is 4.50. The third-order valence-corrected chi connectivity index (χ3v) is 4.50. The Labute approximate surface area is 120 Å². The molecule has 20 heavy (non-hydrogen) atoms. The summed E-state index contributed by atoms with van der Waals surface area (Å²) in [6.45, 7) is 2.22. The van der Waals surface area contributed by atoms with E-state index < -0.39 is 5.82 Å². The monoisotopic (exact) mass is 278 g/mol. The van der Waals surface area contributed by atoms with Crippen molar-refractivity contribution in [3.8, 4) is 0 Å². The minimum Gasteiger partial charge on any atom is -0.396 e. The molecule has 1 fully saturated rings. The van der Waals surface area contributed by atoms with Gasteiger partial charge in [0, 0.05) is 18.7 Å². The molecule has 3 nitrogen and oxygen atoms in total. The van der Waals surface area contributed by atoms with E-state index in [0.717, 1.165) is 18.8 Å². The molecule has 0 spiro atoms. The molecule has 0 unspecified atom stereocenters. The minimum atomic E-state index is -0.479. The highest BCUT2D eigenvalue weighted by atomic mass is 19.1. The maximum Gasteiger partial charge on any atom is 0.253 e. The summed E-state index contributed by atoms with van der Waals surface area (Å²) >= 11 is 0. The van der Waals surface area contributed by atoms with Gasteiger partial charge in [-0.1, -0.05) is 13.3 Å². The van der Waals surface area contributed by atoms with Gasteiger partial charge in [0.2, 0.25) is 0 Å². The van der Waals surface area contributed by atoms with Crippen molar-refractivity contribution >= 4 is 11.6 Å². The molecule has 1 aliphatic rings. The van der Waals surface area contributed by atoms with Gasteiger partial charge in [-0.3, -0.25) is 4.79 Å². The number of carbonyl (C=O) groups is 1. The maximum absolute atomic E-state index is 13.1. The molecule has 1 aliphatic carbocycles. The lowest BCUT2D eigenvalue weighted by Crippen LogP contribution is -2.39. The van der Waals surface area contributed by atoms with E-state index in [1.165, 1.54) is 37.5 Å². The molecule has 0 atom stereocenters. The van der Waals surface area contributed by atoms with Crippen LogP contribution in [-0.4, -0.2) is 23.9 Å². The van der Waals surface area contributed by atoms with Crippen molar-refractivity contribution in [3.63, 3.8) is 0 Å². The summed E-state index contributed by atoms with van der Waals surface area (Å²) in [7, 11) is 1.83. The zero-order valence-corrected chi connectivity index (χ0v) is 12.2. The lowest BCUT2D eigenvalue weighted by atomic mass is 9.84. The van der Waals surface area contributed by atoms with Gasteiger partial charge in [-0.25, -0.2) is 4.39 Å². The van der Waals surface area contributed by atoms with Crippen LogP contribution in [-0.2, 0) is 0 Å². The number of nitrogens with zero attached hydrogens (tertiary/aromatic N) is 1. The van der Waals surface area contributed by atoms with Gasteiger partial charge in [0.05, 0.1) is 5.69 Å². The topological polar surface area (TPSA) is 46.3 Å². The molecule has 0 aromatic heterocycles. The highest BCUT2D eigenvalue weighted by molar-refractivity contribution is 5.95. The first kappa shape index (κ1) is 14.8. The first-order valence-corrected chi connectivity index (χ1v) is 7.35. The fraction of sp³-hybridized carbons (Fsp3) is 0.562. The van der Waals surface area contributed by atoms with Crippen LogP contribution >= 0.6 is 0 Å². The zero-order chi connectivity index (χ0) is 14.7. The number of halogens is 1. The van der Waals surface area contributed by atoms with Crippen molar-refractivity contribution in [3.05, 3.63) is 29.6 Å². The molecule has 1 aromatic carbocycles. The summed E-state index contributed by atoms with van der Waals surface area (Å²) in [4.78, 5) is 14.2. The number of hydrogen-bond donors (Lipinski definition) is 1. The second kappa shape index (κ2) is 6.25. The number of hydrogen-bond acceptors (Lipinski definition) is 2. The summed E-state index contributed by atoms with van der Waals surface area (Å²) in [5.41, 5.74) is 6.02. The van der Waals surface area contributed by atoms with Crippen LogP contribution in [0.4, 0.5) is 10.1 Å². The summed E-state index contributed by atoms with van der Waals surface area (Å²) < 4.78 is 13.1. The largest absolute Gasteiger partial charge is 0.396 e. The second-order valence-corrected chi connectivity index (χ2v) is 5.74. The Kier molecular flexibility index (Phi) is 4.63. The van der Waals surface area contributed by atoms with Crippen LogP contribution < -0.4 is 5.73 Å². The van der Waals surface area contributed by atoms with E-state index in [-0.39, 0.29) is 17.6 Å². The predicted molar refractivity (Wildman–Crippen MR) is 78.9 cm³/mol. The fourth-order valence-electron chi connectivity index (χ4n) is 2.99. The summed E-state index contributed by atoms with van der Waals surface area (Å²) in [5.74, 6) is 0.250. The zero-order valence-electron chi connectivity index (χ0n) is 12.2. The Balaban J connectivity index is 2.03. The first-order chi connectivity index (χ1) is 9.52. The number of carbonyl (C=O) groups excluding carboxylic acids is 1. The van der Waals surface area contributed by atoms with Gasteiger partial charge >= 0.3 is 0 Å². The number of amides is 1. The normalized spacial score (nSPS) is 22.6. The van der Waals surface area contributed by atoms with Crippen LogP contribution in [0.1, 0.15) is 49.4 Å². The van der Waals surface area contributed by atoms with E-state index in [2.05, 4.69) is 6.92 Å². The van der Waals surface area contributed by atoms with Gasteiger partial charge < -0.3 is 10.6 Å². The van der Waals surface area contributed by atoms with Crippen molar-refractivity contribution in [1.29, 1.82) is 0 Å². The Bertz CT molecular complexity index is 481. The van der Waals surface area contributed by atoms with Gasteiger partial charge in [-0.15, -0.1) is 0 Å². The highest BCUT2D eigenvalue weighted by Crippen LogP contribution is 2.29. The highest BCUT2D eigenvalue weighted by Gasteiger charge is 2.26. The SMILES string of the molecule is CCC1CCC(N(C)C(=O)c2ccc(F)c(N)c2)CC1. The average molecular weight is 278 g/mol. The van der Waals surface area contributed by atoms with E-state index in [1.807, 2.05) is 7.05 Å². The standard InChI is InChI=1S/C16H23FN2O/c1-3-11-4-7-13(8-5-11)19(2)16(20)12-6-9-14(17)15(18)10-12/h6,9-11,13H,3-5,7-8,18H2,1-2H3. The smallest absolute Gasteiger partial charge is 0.253 e. The Hall–Kier alpha value is -1.58. The first-order valence-electron chi connectivity index (χ1n) is 7.35. The van der Waals surface area contributed by atoms with Crippen LogP contribution in [0.5, 0.6) is 0 Å². The van der Waals surface area contributed by atoms with Crippen LogP contribution in [0.2, 0.25) is 0 Å². The molecule has 1 saturated carbocycles. The number of rotatable bonds is 3. The molecular formula is C16H23FN2O. The molecular weight excluding hydrogens is 255 g/mol.